The Hall–Kier alpha value is -2.63. The third-order valence-electron chi connectivity index (χ3n) is 5.15. The Labute approximate surface area is 198 Å². The van der Waals surface area contributed by atoms with Gasteiger partial charge in [-0.2, -0.15) is 4.31 Å². The van der Waals surface area contributed by atoms with Crippen molar-refractivity contribution in [3.63, 3.8) is 0 Å². The summed E-state index contributed by atoms with van der Waals surface area (Å²) in [5.41, 5.74) is 5.10. The van der Waals surface area contributed by atoms with E-state index in [0.29, 0.717) is 30.9 Å². The number of methoxy groups -OCH3 is 1. The fourth-order valence-electron chi connectivity index (χ4n) is 3.51. The Morgan fingerprint density at radius 3 is 2.55 bits per heavy atom. The number of aryl methyl sites for hydroxylation is 1. The number of rotatable bonds is 7. The third-order valence-corrected chi connectivity index (χ3v) is 8.49. The first-order chi connectivity index (χ1) is 15.6. The molecule has 0 radical (unpaired) electrons. The van der Waals surface area contributed by atoms with Gasteiger partial charge in [-0.05, 0) is 63.9 Å². The molecule has 180 valence electrons. The lowest BCUT2D eigenvalue weighted by Crippen LogP contribution is -2.49. The Morgan fingerprint density at radius 2 is 1.91 bits per heavy atom. The molecule has 9 nitrogen and oxygen atoms in total. The van der Waals surface area contributed by atoms with Crippen LogP contribution in [0.5, 0.6) is 11.5 Å². The van der Waals surface area contributed by atoms with E-state index in [1.807, 2.05) is 20.8 Å². The van der Waals surface area contributed by atoms with E-state index >= 15 is 0 Å². The maximum atomic E-state index is 12.9. The average Bonchev–Trinajstić information content (AvgIpc) is 3.24. The molecule has 1 fully saturated rings. The van der Waals surface area contributed by atoms with Gasteiger partial charge >= 0.3 is 0 Å². The van der Waals surface area contributed by atoms with Gasteiger partial charge in [0.15, 0.2) is 11.5 Å². The fraction of sp³-hybridized carbons (Fsp3) is 0.455. The first-order valence-corrected chi connectivity index (χ1v) is 12.9. The molecule has 1 unspecified atom stereocenters. The monoisotopic (exact) mass is 495 g/mol. The molecule has 1 aromatic heterocycles. The molecule has 2 N–H and O–H groups in total. The van der Waals surface area contributed by atoms with Gasteiger partial charge in [-0.3, -0.25) is 20.4 Å². The van der Waals surface area contributed by atoms with Gasteiger partial charge in [0.05, 0.1) is 19.1 Å². The van der Waals surface area contributed by atoms with Crippen LogP contribution in [0.1, 0.15) is 41.9 Å². The van der Waals surface area contributed by atoms with E-state index in [4.69, 9.17) is 9.47 Å². The Morgan fingerprint density at radius 1 is 1.15 bits per heavy atom. The molecule has 2 amide bonds. The number of carbonyl (C=O) groups is 2. The Bertz CT molecular complexity index is 1110. The second kappa shape index (κ2) is 10.5. The number of piperidine rings is 1. The third kappa shape index (κ3) is 6.04. The van der Waals surface area contributed by atoms with E-state index in [9.17, 15) is 18.0 Å². The van der Waals surface area contributed by atoms with Crippen LogP contribution in [-0.4, -0.2) is 50.8 Å². The molecule has 1 atom stereocenters. The van der Waals surface area contributed by atoms with Crippen LogP contribution in [0.25, 0.3) is 0 Å². The first-order valence-electron chi connectivity index (χ1n) is 10.6. The van der Waals surface area contributed by atoms with E-state index in [1.165, 1.54) is 28.8 Å². The molecule has 0 bridgehead atoms. The highest BCUT2D eigenvalue weighted by atomic mass is 32.2. The number of ether oxygens (including phenoxy) is 2. The zero-order valence-corrected chi connectivity index (χ0v) is 20.7. The number of hydrazine groups is 1. The maximum absolute atomic E-state index is 12.9. The Kier molecular flexibility index (Phi) is 7.98. The highest BCUT2D eigenvalue weighted by Crippen LogP contribution is 2.29. The van der Waals surface area contributed by atoms with Crippen LogP contribution in [0.2, 0.25) is 0 Å². The minimum atomic E-state index is -3.64. The van der Waals surface area contributed by atoms with Crippen LogP contribution >= 0.6 is 11.3 Å². The summed E-state index contributed by atoms with van der Waals surface area (Å²) in [6, 6.07) is 8.07. The van der Waals surface area contributed by atoms with Gasteiger partial charge in [-0.15, -0.1) is 11.3 Å². The predicted molar refractivity (Wildman–Crippen MR) is 125 cm³/mol. The van der Waals surface area contributed by atoms with Crippen molar-refractivity contribution in [2.45, 2.75) is 43.9 Å². The summed E-state index contributed by atoms with van der Waals surface area (Å²) >= 11 is 1.21. The molecule has 0 saturated carbocycles. The highest BCUT2D eigenvalue weighted by molar-refractivity contribution is 7.91. The van der Waals surface area contributed by atoms with Gasteiger partial charge in [0.25, 0.3) is 15.9 Å². The van der Waals surface area contributed by atoms with Crippen LogP contribution in [0.15, 0.2) is 34.5 Å². The lowest BCUT2D eigenvalue weighted by Gasteiger charge is -2.30. The van der Waals surface area contributed by atoms with Crippen molar-refractivity contribution >= 4 is 33.2 Å². The summed E-state index contributed by atoms with van der Waals surface area (Å²) in [7, 11) is -2.17. The van der Waals surface area contributed by atoms with Gasteiger partial charge in [0.2, 0.25) is 5.91 Å². The molecule has 3 rings (SSSR count). The summed E-state index contributed by atoms with van der Waals surface area (Å²) < 4.78 is 38.3. The molecule has 1 saturated heterocycles. The lowest BCUT2D eigenvalue weighted by molar-refractivity contribution is -0.126. The second-order valence-corrected chi connectivity index (χ2v) is 11.5. The molecule has 2 heterocycles. The normalized spacial score (nSPS) is 16.9. The number of hydrogen-bond acceptors (Lipinski definition) is 7. The van der Waals surface area contributed by atoms with Crippen LogP contribution in [0.4, 0.5) is 0 Å². The van der Waals surface area contributed by atoms with Gasteiger partial charge in [0.1, 0.15) is 4.21 Å². The molecule has 1 aliphatic rings. The van der Waals surface area contributed by atoms with Crippen LogP contribution < -0.4 is 20.3 Å². The van der Waals surface area contributed by atoms with Crippen LogP contribution in [0, 0.1) is 12.8 Å². The SMILES string of the molecule is COc1cc(C(=O)NNC(=O)C2CCCN(S(=O)(=O)c3ccc(C)s3)C2)ccc1OC(C)C. The molecule has 1 aromatic carbocycles. The molecular formula is C22H29N3O6S2. The van der Waals surface area contributed by atoms with Crippen molar-refractivity contribution in [3.05, 3.63) is 40.8 Å². The number of nitrogens with one attached hydrogen (secondary N) is 2. The molecule has 0 spiro atoms. The van der Waals surface area contributed by atoms with E-state index in [-0.39, 0.29) is 22.4 Å². The number of amides is 2. The number of hydrogen-bond donors (Lipinski definition) is 2. The minimum Gasteiger partial charge on any atom is -0.493 e. The van der Waals surface area contributed by atoms with E-state index in [1.54, 1.807) is 24.3 Å². The van der Waals surface area contributed by atoms with Gasteiger partial charge < -0.3 is 9.47 Å². The van der Waals surface area contributed by atoms with Gasteiger partial charge in [-0.1, -0.05) is 0 Å². The zero-order valence-electron chi connectivity index (χ0n) is 19.1. The predicted octanol–water partition coefficient (Wildman–Crippen LogP) is 2.71. The summed E-state index contributed by atoms with van der Waals surface area (Å²) in [4.78, 5) is 26.1. The molecule has 2 aromatic rings. The Balaban J connectivity index is 1.60. The van der Waals surface area contributed by atoms with Gasteiger partial charge in [-0.25, -0.2) is 8.42 Å². The largest absolute Gasteiger partial charge is 0.493 e. The first kappa shape index (κ1) is 25.0. The van der Waals surface area contributed by atoms with E-state index < -0.39 is 27.8 Å². The highest BCUT2D eigenvalue weighted by Gasteiger charge is 2.34. The van der Waals surface area contributed by atoms with E-state index in [0.717, 1.165) is 4.88 Å². The standard InChI is InChI=1S/C22H29N3O6S2/c1-14(2)31-18-9-8-16(12-19(18)30-4)21(26)23-24-22(27)17-6-5-11-25(13-17)33(28,29)20-10-7-15(3)32-20/h7-10,12,14,17H,5-6,11,13H2,1-4H3,(H,23,26)(H,24,27). The summed E-state index contributed by atoms with van der Waals surface area (Å²) in [6.45, 7) is 6.04. The summed E-state index contributed by atoms with van der Waals surface area (Å²) in [5.74, 6) is -0.604. The molecule has 33 heavy (non-hydrogen) atoms. The smallest absolute Gasteiger partial charge is 0.269 e. The second-order valence-electron chi connectivity index (χ2n) is 8.04. The van der Waals surface area contributed by atoms with Crippen LogP contribution in [0.3, 0.4) is 0 Å². The molecule has 0 aliphatic carbocycles. The fourth-order valence-corrected chi connectivity index (χ4v) is 6.47. The number of nitrogens with zero attached hydrogens (tertiary/aromatic N) is 1. The molecule has 1 aliphatic heterocycles. The number of sulfonamides is 1. The van der Waals surface area contributed by atoms with Crippen molar-refractivity contribution in [2.24, 2.45) is 5.92 Å². The van der Waals surface area contributed by atoms with Crippen molar-refractivity contribution in [2.75, 3.05) is 20.2 Å². The van der Waals surface area contributed by atoms with Crippen molar-refractivity contribution < 1.29 is 27.5 Å². The average molecular weight is 496 g/mol. The van der Waals surface area contributed by atoms with Crippen LogP contribution in [-0.2, 0) is 14.8 Å². The van der Waals surface area contributed by atoms with Crippen molar-refractivity contribution in [3.8, 4) is 11.5 Å². The van der Waals surface area contributed by atoms with Gasteiger partial charge in [0, 0.05) is 23.5 Å². The maximum Gasteiger partial charge on any atom is 0.269 e. The van der Waals surface area contributed by atoms with Crippen molar-refractivity contribution in [1.29, 1.82) is 0 Å². The lowest BCUT2D eigenvalue weighted by atomic mass is 9.99. The zero-order chi connectivity index (χ0) is 24.2. The molecular weight excluding hydrogens is 466 g/mol. The van der Waals surface area contributed by atoms with E-state index in [2.05, 4.69) is 10.9 Å². The number of thiophene rings is 1. The number of carbonyl (C=O) groups excluding carboxylic acids is 2. The topological polar surface area (TPSA) is 114 Å². The van der Waals surface area contributed by atoms with Crippen molar-refractivity contribution in [1.82, 2.24) is 15.2 Å². The molecule has 11 heteroatoms. The summed E-state index contributed by atoms with van der Waals surface area (Å²) in [5, 5.41) is 0. The quantitative estimate of drug-likeness (QED) is 0.571. The number of benzene rings is 1. The minimum absolute atomic E-state index is 0.0550. The summed E-state index contributed by atoms with van der Waals surface area (Å²) in [6.07, 6.45) is 1.04.